The van der Waals surface area contributed by atoms with E-state index in [1.54, 1.807) is 18.6 Å². The molecule has 2 aromatic heterocycles. The lowest BCUT2D eigenvalue weighted by Crippen LogP contribution is -2.34. The number of hydrogen-bond donors (Lipinski definition) is 2. The predicted octanol–water partition coefficient (Wildman–Crippen LogP) is 2.71. The van der Waals surface area contributed by atoms with Crippen molar-refractivity contribution in [1.82, 2.24) is 24.8 Å². The Morgan fingerprint density at radius 3 is 3.03 bits per heavy atom. The molecule has 1 aliphatic rings. The summed E-state index contributed by atoms with van der Waals surface area (Å²) in [6, 6.07) is 7.61. The molecule has 3 aromatic rings. The number of imidazole rings is 1. The van der Waals surface area contributed by atoms with Gasteiger partial charge in [0.05, 0.1) is 11.9 Å². The number of nitrogens with zero attached hydrogens (tertiary/aromatic N) is 4. The molecule has 0 radical (unpaired) electrons. The smallest absolute Gasteiger partial charge is 0.341 e. The Morgan fingerprint density at radius 1 is 1.31 bits per heavy atom. The van der Waals surface area contributed by atoms with E-state index in [4.69, 9.17) is 14.8 Å². The Morgan fingerprint density at radius 2 is 2.21 bits per heavy atom. The first-order valence-electron chi connectivity index (χ1n) is 9.65. The lowest BCUT2D eigenvalue weighted by atomic mass is 9.94. The molecule has 1 saturated heterocycles. The van der Waals surface area contributed by atoms with Crippen LogP contribution in [-0.2, 0) is 11.3 Å². The van der Waals surface area contributed by atoms with Crippen LogP contribution in [0.4, 0.5) is 0 Å². The largest absolute Gasteiger partial charge is 0.482 e. The van der Waals surface area contributed by atoms with Gasteiger partial charge in [-0.1, -0.05) is 18.2 Å². The molecule has 0 spiro atoms. The maximum Gasteiger partial charge on any atom is 0.341 e. The number of nitrogens with one attached hydrogen (secondary N) is 1. The van der Waals surface area contributed by atoms with E-state index in [9.17, 15) is 4.79 Å². The van der Waals surface area contributed by atoms with Crippen molar-refractivity contribution < 1.29 is 14.6 Å². The zero-order valence-corrected chi connectivity index (χ0v) is 16.0. The Balaban J connectivity index is 1.46. The molecule has 1 atom stereocenters. The fraction of sp³-hybridized carbons (Fsp3) is 0.333. The number of hydrogen-bond acceptors (Lipinski definition) is 6. The molecule has 8 nitrogen and oxygen atoms in total. The number of aliphatic carboxylic acids is 1. The van der Waals surface area contributed by atoms with Crippen LogP contribution in [0.5, 0.6) is 5.75 Å². The minimum Gasteiger partial charge on any atom is -0.482 e. The first kappa shape index (κ1) is 19.1. The average Bonchev–Trinajstić information content (AvgIpc) is 3.28. The van der Waals surface area contributed by atoms with E-state index in [0.29, 0.717) is 18.2 Å². The third kappa shape index (κ3) is 4.78. The van der Waals surface area contributed by atoms with Crippen LogP contribution >= 0.6 is 0 Å². The summed E-state index contributed by atoms with van der Waals surface area (Å²) in [6.45, 7) is 2.21. The molecule has 1 aliphatic heterocycles. The molecular formula is C21H23N5O3. The fourth-order valence-electron chi connectivity index (χ4n) is 3.69. The first-order chi connectivity index (χ1) is 14.2. The molecule has 0 amide bonds. The van der Waals surface area contributed by atoms with Crippen LogP contribution in [0.3, 0.4) is 0 Å². The Kier molecular flexibility index (Phi) is 5.81. The summed E-state index contributed by atoms with van der Waals surface area (Å²) < 4.78 is 5.45. The molecule has 1 fully saturated rings. The van der Waals surface area contributed by atoms with Gasteiger partial charge in [-0.2, -0.15) is 0 Å². The second-order valence-electron chi connectivity index (χ2n) is 7.13. The van der Waals surface area contributed by atoms with Gasteiger partial charge in [0.1, 0.15) is 11.4 Å². The van der Waals surface area contributed by atoms with E-state index < -0.39 is 5.97 Å². The molecule has 4 rings (SSSR count). The summed E-state index contributed by atoms with van der Waals surface area (Å²) in [5, 5.41) is 8.88. The van der Waals surface area contributed by atoms with Crippen molar-refractivity contribution in [1.29, 1.82) is 0 Å². The van der Waals surface area contributed by atoms with E-state index >= 15 is 0 Å². The molecule has 29 heavy (non-hydrogen) atoms. The zero-order chi connectivity index (χ0) is 20.1. The SMILES string of the molecule is O=C(O)COc1ccccc1CN1CCC[C@H](c2cncc(-c3ncc[nH]3)n2)C1. The van der Waals surface area contributed by atoms with Gasteiger partial charge >= 0.3 is 5.97 Å². The van der Waals surface area contributed by atoms with Gasteiger partial charge in [-0.05, 0) is 25.5 Å². The van der Waals surface area contributed by atoms with Crippen molar-refractivity contribution in [2.24, 2.45) is 0 Å². The molecule has 150 valence electrons. The highest BCUT2D eigenvalue weighted by Crippen LogP contribution is 2.29. The van der Waals surface area contributed by atoms with E-state index in [0.717, 1.165) is 48.7 Å². The molecule has 3 heterocycles. The summed E-state index contributed by atoms with van der Waals surface area (Å²) in [5.41, 5.74) is 2.71. The van der Waals surface area contributed by atoms with Crippen LogP contribution in [0.25, 0.3) is 11.5 Å². The minimum absolute atomic E-state index is 0.290. The van der Waals surface area contributed by atoms with Crippen molar-refractivity contribution in [2.75, 3.05) is 19.7 Å². The maximum absolute atomic E-state index is 10.8. The van der Waals surface area contributed by atoms with Crippen LogP contribution in [0, 0.1) is 0 Å². The number of carboxylic acid groups (broad SMARTS) is 1. The molecule has 0 saturated carbocycles. The first-order valence-corrected chi connectivity index (χ1v) is 9.65. The number of carbonyl (C=O) groups is 1. The standard InChI is InChI=1S/C21H23N5O3/c27-20(28)14-29-19-6-2-1-4-16(19)13-26-9-3-5-15(12-26)17-10-22-11-18(25-17)21-23-7-8-24-21/h1-2,4,6-8,10-11,15H,3,5,9,12-14H2,(H,23,24)(H,27,28)/t15-/m0/s1. The predicted molar refractivity (Wildman–Crippen MR) is 106 cm³/mol. The molecular weight excluding hydrogens is 370 g/mol. The number of H-pyrrole nitrogens is 1. The number of likely N-dealkylation sites (tertiary alicyclic amines) is 1. The summed E-state index contributed by atoms with van der Waals surface area (Å²) in [6.07, 6.45) is 9.16. The maximum atomic E-state index is 10.8. The minimum atomic E-state index is -0.979. The highest BCUT2D eigenvalue weighted by Gasteiger charge is 2.24. The zero-order valence-electron chi connectivity index (χ0n) is 16.0. The highest BCUT2D eigenvalue weighted by atomic mass is 16.5. The van der Waals surface area contributed by atoms with Gasteiger partial charge in [-0.25, -0.2) is 14.8 Å². The Hall–Kier alpha value is -3.26. The molecule has 8 heteroatoms. The molecule has 0 unspecified atom stereocenters. The lowest BCUT2D eigenvalue weighted by molar-refractivity contribution is -0.139. The van der Waals surface area contributed by atoms with Gasteiger partial charge in [0.15, 0.2) is 12.4 Å². The number of carboxylic acids is 1. The number of rotatable bonds is 7. The normalized spacial score (nSPS) is 17.2. The number of ether oxygens (including phenoxy) is 1. The monoisotopic (exact) mass is 393 g/mol. The van der Waals surface area contributed by atoms with Crippen LogP contribution in [-0.4, -0.2) is 55.6 Å². The summed E-state index contributed by atoms with van der Waals surface area (Å²) in [7, 11) is 0. The average molecular weight is 393 g/mol. The quantitative estimate of drug-likeness (QED) is 0.636. The second kappa shape index (κ2) is 8.83. The van der Waals surface area contributed by atoms with Crippen LogP contribution in [0.2, 0.25) is 0 Å². The fourth-order valence-corrected chi connectivity index (χ4v) is 3.69. The van der Waals surface area contributed by atoms with Gasteiger partial charge in [0.2, 0.25) is 0 Å². The summed E-state index contributed by atoms with van der Waals surface area (Å²) >= 11 is 0. The van der Waals surface area contributed by atoms with Crippen LogP contribution < -0.4 is 4.74 Å². The summed E-state index contributed by atoms with van der Waals surface area (Å²) in [5.74, 6) is 0.652. The van der Waals surface area contributed by atoms with E-state index in [2.05, 4.69) is 19.9 Å². The van der Waals surface area contributed by atoms with E-state index in [-0.39, 0.29) is 6.61 Å². The van der Waals surface area contributed by atoms with Gasteiger partial charge < -0.3 is 14.8 Å². The van der Waals surface area contributed by atoms with E-state index in [1.165, 1.54) is 0 Å². The number of benzene rings is 1. The number of para-hydroxylation sites is 1. The highest BCUT2D eigenvalue weighted by molar-refractivity contribution is 5.68. The topological polar surface area (TPSA) is 104 Å². The Labute approximate surface area is 168 Å². The van der Waals surface area contributed by atoms with Crippen molar-refractivity contribution >= 4 is 5.97 Å². The van der Waals surface area contributed by atoms with Gasteiger partial charge in [0, 0.05) is 43.2 Å². The number of piperidine rings is 1. The van der Waals surface area contributed by atoms with Crippen molar-refractivity contribution in [2.45, 2.75) is 25.3 Å². The second-order valence-corrected chi connectivity index (χ2v) is 7.13. The number of aromatic nitrogens is 4. The third-order valence-electron chi connectivity index (χ3n) is 5.04. The molecule has 0 bridgehead atoms. The van der Waals surface area contributed by atoms with Crippen molar-refractivity contribution in [3.05, 3.63) is 60.3 Å². The summed E-state index contributed by atoms with van der Waals surface area (Å²) in [4.78, 5) is 29.7. The molecule has 2 N–H and O–H groups in total. The molecule has 0 aliphatic carbocycles. The Bertz CT molecular complexity index is 960. The lowest BCUT2D eigenvalue weighted by Gasteiger charge is -2.32. The number of aromatic amines is 1. The molecule has 1 aromatic carbocycles. The van der Waals surface area contributed by atoms with Crippen LogP contribution in [0.1, 0.15) is 30.0 Å². The van der Waals surface area contributed by atoms with Crippen LogP contribution in [0.15, 0.2) is 49.1 Å². The van der Waals surface area contributed by atoms with Gasteiger partial charge in [-0.3, -0.25) is 9.88 Å². The third-order valence-corrected chi connectivity index (χ3v) is 5.04. The van der Waals surface area contributed by atoms with Gasteiger partial charge in [-0.15, -0.1) is 0 Å². The van der Waals surface area contributed by atoms with E-state index in [1.807, 2.05) is 30.5 Å². The van der Waals surface area contributed by atoms with Crippen molar-refractivity contribution in [3.8, 4) is 17.3 Å². The van der Waals surface area contributed by atoms with Gasteiger partial charge in [0.25, 0.3) is 0 Å². The van der Waals surface area contributed by atoms with Crippen molar-refractivity contribution in [3.63, 3.8) is 0 Å².